The quantitative estimate of drug-likeness (QED) is 0.279. The third-order valence-electron chi connectivity index (χ3n) is 4.91. The summed E-state index contributed by atoms with van der Waals surface area (Å²) in [5, 5.41) is 3.96. The largest absolute Gasteiger partial charge is 0.488 e. The number of benzene rings is 2. The van der Waals surface area contributed by atoms with Crippen molar-refractivity contribution >= 4 is 5.97 Å². The Bertz CT molecular complexity index is 1170. The van der Waals surface area contributed by atoms with Gasteiger partial charge in [0.15, 0.2) is 0 Å². The van der Waals surface area contributed by atoms with Crippen LogP contribution in [0.1, 0.15) is 33.8 Å². The number of ether oxygens (including phenoxy) is 2. The van der Waals surface area contributed by atoms with E-state index >= 15 is 0 Å². The van der Waals surface area contributed by atoms with E-state index in [-0.39, 0.29) is 6.61 Å². The molecule has 0 fully saturated rings. The maximum absolute atomic E-state index is 12.6. The van der Waals surface area contributed by atoms with Gasteiger partial charge in [0.1, 0.15) is 17.9 Å². The number of pyridine rings is 1. The van der Waals surface area contributed by atoms with E-state index in [1.54, 1.807) is 30.6 Å². The van der Waals surface area contributed by atoms with Gasteiger partial charge in [-0.25, -0.2) is 4.79 Å². The van der Waals surface area contributed by atoms with Gasteiger partial charge in [0.05, 0.1) is 6.61 Å². The van der Waals surface area contributed by atoms with Gasteiger partial charge in [0, 0.05) is 24.4 Å². The molecular weight excluding hydrogens is 406 g/mol. The predicted molar refractivity (Wildman–Crippen MR) is 118 cm³/mol. The van der Waals surface area contributed by atoms with Crippen molar-refractivity contribution in [1.82, 2.24) is 15.1 Å². The third kappa shape index (κ3) is 5.37. The Balaban J connectivity index is 1.28. The normalized spacial score (nSPS) is 10.7. The third-order valence-corrected chi connectivity index (χ3v) is 4.91. The molecule has 0 saturated carbocycles. The molecule has 32 heavy (non-hydrogen) atoms. The molecular formula is C25H23N3O4. The smallest absolute Gasteiger partial charge is 0.341 e. The zero-order chi connectivity index (χ0) is 22.2. The standard InChI is InChI=1S/C25H23N3O4/c1-18-8-2-3-9-20(18)17-31-22-12-5-4-11-21(22)25(29)30-15-7-13-23-27-24(28-32-23)19-10-6-14-26-16-19/h2-6,8-12,14,16H,7,13,15,17H2,1H3. The van der Waals surface area contributed by atoms with Crippen LogP contribution in [0.3, 0.4) is 0 Å². The molecule has 2 aromatic heterocycles. The molecule has 162 valence electrons. The fraction of sp³-hybridized carbons (Fsp3) is 0.200. The zero-order valence-corrected chi connectivity index (χ0v) is 17.7. The number of esters is 1. The average molecular weight is 429 g/mol. The SMILES string of the molecule is Cc1ccccc1COc1ccccc1C(=O)OCCCc1nc(-c2cccnc2)no1. The summed E-state index contributed by atoms with van der Waals surface area (Å²) in [4.78, 5) is 21.0. The summed E-state index contributed by atoms with van der Waals surface area (Å²) in [5.74, 6) is 1.05. The Labute approximate surface area is 186 Å². The minimum absolute atomic E-state index is 0.232. The first-order chi connectivity index (χ1) is 15.7. The molecule has 0 unspecified atom stereocenters. The van der Waals surface area contributed by atoms with E-state index in [0.717, 1.165) is 16.7 Å². The summed E-state index contributed by atoms with van der Waals surface area (Å²) in [5.41, 5.74) is 3.40. The number of nitrogens with zero attached hydrogens (tertiary/aromatic N) is 3. The number of carbonyl (C=O) groups is 1. The predicted octanol–water partition coefficient (Wildman–Crippen LogP) is 4.81. The highest BCUT2D eigenvalue weighted by Crippen LogP contribution is 2.21. The number of carbonyl (C=O) groups excluding carboxylic acids is 1. The van der Waals surface area contributed by atoms with Gasteiger partial charge in [-0.05, 0) is 48.7 Å². The maximum atomic E-state index is 12.6. The number of rotatable bonds is 9. The molecule has 0 aliphatic heterocycles. The van der Waals surface area contributed by atoms with Crippen molar-refractivity contribution in [1.29, 1.82) is 0 Å². The fourth-order valence-corrected chi connectivity index (χ4v) is 3.12. The summed E-state index contributed by atoms with van der Waals surface area (Å²) in [7, 11) is 0. The second-order valence-electron chi connectivity index (χ2n) is 7.20. The first-order valence-electron chi connectivity index (χ1n) is 10.4. The van der Waals surface area contributed by atoms with E-state index in [9.17, 15) is 4.79 Å². The van der Waals surface area contributed by atoms with Gasteiger partial charge in [0.25, 0.3) is 0 Å². The highest BCUT2D eigenvalue weighted by molar-refractivity contribution is 5.92. The van der Waals surface area contributed by atoms with Crippen molar-refractivity contribution in [2.24, 2.45) is 0 Å². The van der Waals surface area contributed by atoms with Gasteiger partial charge < -0.3 is 14.0 Å². The summed E-state index contributed by atoms with van der Waals surface area (Å²) in [6, 6.07) is 18.8. The summed E-state index contributed by atoms with van der Waals surface area (Å²) in [6.07, 6.45) is 4.43. The van der Waals surface area contributed by atoms with Gasteiger partial charge in [-0.3, -0.25) is 4.98 Å². The Morgan fingerprint density at radius 1 is 1.03 bits per heavy atom. The maximum Gasteiger partial charge on any atom is 0.341 e. The Hall–Kier alpha value is -4.00. The molecule has 0 amide bonds. The average Bonchev–Trinajstić information content (AvgIpc) is 3.31. The van der Waals surface area contributed by atoms with Crippen LogP contribution in [0.4, 0.5) is 0 Å². The molecule has 0 aliphatic rings. The molecule has 0 aliphatic carbocycles. The van der Waals surface area contributed by atoms with Crippen molar-refractivity contribution in [3.05, 3.63) is 95.6 Å². The molecule has 7 nitrogen and oxygen atoms in total. The van der Waals surface area contributed by atoms with E-state index in [1.165, 1.54) is 0 Å². The highest BCUT2D eigenvalue weighted by Gasteiger charge is 2.15. The van der Waals surface area contributed by atoms with E-state index in [2.05, 4.69) is 15.1 Å². The number of aryl methyl sites for hydroxylation is 2. The molecule has 0 spiro atoms. The molecule has 2 aromatic carbocycles. The molecule has 4 rings (SSSR count). The minimum Gasteiger partial charge on any atom is -0.488 e. The van der Waals surface area contributed by atoms with Gasteiger partial charge in [0.2, 0.25) is 11.7 Å². The molecule has 0 N–H and O–H groups in total. The van der Waals surface area contributed by atoms with Gasteiger partial charge in [-0.15, -0.1) is 0 Å². The van der Waals surface area contributed by atoms with E-state index in [1.807, 2.05) is 49.4 Å². The number of aromatic nitrogens is 3. The second-order valence-corrected chi connectivity index (χ2v) is 7.20. The molecule has 7 heteroatoms. The van der Waals surface area contributed by atoms with E-state index < -0.39 is 5.97 Å². The Morgan fingerprint density at radius 3 is 2.72 bits per heavy atom. The topological polar surface area (TPSA) is 87.3 Å². The number of para-hydroxylation sites is 1. The lowest BCUT2D eigenvalue weighted by Crippen LogP contribution is -2.10. The summed E-state index contributed by atoms with van der Waals surface area (Å²) < 4.78 is 16.6. The molecule has 2 heterocycles. The van der Waals surface area contributed by atoms with Crippen LogP contribution < -0.4 is 4.74 Å². The van der Waals surface area contributed by atoms with Gasteiger partial charge >= 0.3 is 5.97 Å². The van der Waals surface area contributed by atoms with Crippen molar-refractivity contribution in [2.75, 3.05) is 6.61 Å². The van der Waals surface area contributed by atoms with Crippen LogP contribution in [-0.2, 0) is 17.8 Å². The molecule has 0 saturated heterocycles. The summed E-state index contributed by atoms with van der Waals surface area (Å²) in [6.45, 7) is 2.64. The fourth-order valence-electron chi connectivity index (χ4n) is 3.12. The van der Waals surface area contributed by atoms with Crippen LogP contribution in [0.15, 0.2) is 77.6 Å². The second kappa shape index (κ2) is 10.3. The van der Waals surface area contributed by atoms with Crippen molar-refractivity contribution < 1.29 is 18.8 Å². The molecule has 0 radical (unpaired) electrons. The van der Waals surface area contributed by atoms with Crippen molar-refractivity contribution in [2.45, 2.75) is 26.4 Å². The van der Waals surface area contributed by atoms with Crippen LogP contribution in [0.2, 0.25) is 0 Å². The van der Waals surface area contributed by atoms with Gasteiger partial charge in [-0.2, -0.15) is 4.98 Å². The van der Waals surface area contributed by atoms with Crippen LogP contribution in [0.25, 0.3) is 11.4 Å². The lowest BCUT2D eigenvalue weighted by Gasteiger charge is -2.12. The summed E-state index contributed by atoms with van der Waals surface area (Å²) >= 11 is 0. The molecule has 4 aromatic rings. The van der Waals surface area contributed by atoms with Crippen LogP contribution >= 0.6 is 0 Å². The highest BCUT2D eigenvalue weighted by atomic mass is 16.5. The first kappa shape index (κ1) is 21.2. The lowest BCUT2D eigenvalue weighted by atomic mass is 10.1. The Morgan fingerprint density at radius 2 is 1.88 bits per heavy atom. The zero-order valence-electron chi connectivity index (χ0n) is 17.7. The van der Waals surface area contributed by atoms with Crippen LogP contribution in [0.5, 0.6) is 5.75 Å². The lowest BCUT2D eigenvalue weighted by molar-refractivity contribution is 0.0493. The first-order valence-corrected chi connectivity index (χ1v) is 10.4. The van der Waals surface area contributed by atoms with Crippen molar-refractivity contribution in [3.63, 3.8) is 0 Å². The number of hydrogen-bond donors (Lipinski definition) is 0. The van der Waals surface area contributed by atoms with E-state index in [0.29, 0.717) is 42.5 Å². The van der Waals surface area contributed by atoms with Crippen LogP contribution in [0, 0.1) is 6.92 Å². The van der Waals surface area contributed by atoms with Crippen LogP contribution in [-0.4, -0.2) is 27.7 Å². The monoisotopic (exact) mass is 429 g/mol. The molecule has 0 bridgehead atoms. The minimum atomic E-state index is -0.424. The number of hydrogen-bond acceptors (Lipinski definition) is 7. The molecule has 0 atom stereocenters. The van der Waals surface area contributed by atoms with Gasteiger partial charge in [-0.1, -0.05) is 41.6 Å². The van der Waals surface area contributed by atoms with Crippen molar-refractivity contribution in [3.8, 4) is 17.1 Å². The Kier molecular flexibility index (Phi) is 6.87. The van der Waals surface area contributed by atoms with E-state index in [4.69, 9.17) is 14.0 Å².